The van der Waals surface area contributed by atoms with E-state index in [9.17, 15) is 4.79 Å². The monoisotopic (exact) mass is 291 g/mol. The molecular formula is C16H21NO2S. The first-order valence-electron chi connectivity index (χ1n) is 6.93. The van der Waals surface area contributed by atoms with Crippen molar-refractivity contribution in [2.75, 3.05) is 13.1 Å². The minimum Gasteiger partial charge on any atom is -0.475 e. The van der Waals surface area contributed by atoms with Crippen LogP contribution < -0.4 is 0 Å². The number of ether oxygens (including phenoxy) is 1. The average molecular weight is 291 g/mol. The maximum Gasteiger partial charge on any atom is 0.186 e. The number of carbonyl (C=O) groups is 1. The molecule has 1 aliphatic rings. The van der Waals surface area contributed by atoms with Crippen molar-refractivity contribution in [1.82, 2.24) is 4.90 Å². The Labute approximate surface area is 125 Å². The van der Waals surface area contributed by atoms with Crippen LogP contribution in [0, 0.1) is 0 Å². The standard InChI is InChI=1S/C16H21NO2S/c1-13(19-12-15-6-4-3-5-7-15)17-10-8-16(9-11-17)20-14(2)18/h3-7,16H,1,8-12H2,2H3. The lowest BCUT2D eigenvalue weighted by Gasteiger charge is -2.33. The predicted octanol–water partition coefficient (Wildman–Crippen LogP) is 3.42. The minimum atomic E-state index is 0.211. The molecule has 1 aromatic rings. The largest absolute Gasteiger partial charge is 0.475 e. The number of hydrogen-bond acceptors (Lipinski definition) is 4. The van der Waals surface area contributed by atoms with Gasteiger partial charge in [0.05, 0.1) is 0 Å². The Hall–Kier alpha value is -1.42. The van der Waals surface area contributed by atoms with Crippen LogP contribution in [0.4, 0.5) is 0 Å². The number of nitrogens with zero attached hydrogens (tertiary/aromatic N) is 1. The normalized spacial score (nSPS) is 15.9. The van der Waals surface area contributed by atoms with Gasteiger partial charge in [0.1, 0.15) is 6.61 Å². The number of benzene rings is 1. The molecular weight excluding hydrogens is 270 g/mol. The summed E-state index contributed by atoms with van der Waals surface area (Å²) in [6.07, 6.45) is 2.02. The first-order chi connectivity index (χ1) is 9.65. The smallest absolute Gasteiger partial charge is 0.186 e. The third-order valence-corrected chi connectivity index (χ3v) is 4.51. The van der Waals surface area contributed by atoms with Gasteiger partial charge < -0.3 is 9.64 Å². The second kappa shape index (κ2) is 7.39. The van der Waals surface area contributed by atoms with Gasteiger partial charge in [0.2, 0.25) is 0 Å². The van der Waals surface area contributed by atoms with Crippen molar-refractivity contribution >= 4 is 16.9 Å². The van der Waals surface area contributed by atoms with Crippen molar-refractivity contribution < 1.29 is 9.53 Å². The summed E-state index contributed by atoms with van der Waals surface area (Å²) < 4.78 is 5.74. The SMILES string of the molecule is C=C(OCc1ccccc1)N1CCC(SC(C)=O)CC1. The molecule has 1 aliphatic heterocycles. The van der Waals surface area contributed by atoms with Gasteiger partial charge in [-0.3, -0.25) is 4.79 Å². The van der Waals surface area contributed by atoms with E-state index < -0.39 is 0 Å². The highest BCUT2D eigenvalue weighted by atomic mass is 32.2. The van der Waals surface area contributed by atoms with Crippen molar-refractivity contribution in [2.45, 2.75) is 31.6 Å². The molecule has 0 unspecified atom stereocenters. The molecule has 4 heteroatoms. The average Bonchev–Trinajstić information content (AvgIpc) is 2.46. The fraction of sp³-hybridized carbons (Fsp3) is 0.438. The van der Waals surface area contributed by atoms with Crippen LogP contribution in [0.3, 0.4) is 0 Å². The van der Waals surface area contributed by atoms with E-state index in [-0.39, 0.29) is 5.12 Å². The molecule has 1 fully saturated rings. The Morgan fingerprint density at radius 2 is 2.00 bits per heavy atom. The Kier molecular flexibility index (Phi) is 5.53. The molecule has 1 saturated heterocycles. The van der Waals surface area contributed by atoms with Crippen LogP contribution in [0.15, 0.2) is 42.8 Å². The molecule has 108 valence electrons. The second-order valence-corrected chi connectivity index (χ2v) is 6.44. The molecule has 2 rings (SSSR count). The molecule has 20 heavy (non-hydrogen) atoms. The number of likely N-dealkylation sites (tertiary alicyclic amines) is 1. The summed E-state index contributed by atoms with van der Waals surface area (Å²) in [5.74, 6) is 0.736. The highest BCUT2D eigenvalue weighted by Gasteiger charge is 2.22. The molecule has 1 aromatic carbocycles. The Bertz CT molecular complexity index is 453. The molecule has 0 amide bonds. The molecule has 1 heterocycles. The van der Waals surface area contributed by atoms with Gasteiger partial charge in [-0.25, -0.2) is 0 Å². The lowest BCUT2D eigenvalue weighted by molar-refractivity contribution is -0.109. The zero-order valence-electron chi connectivity index (χ0n) is 11.9. The van der Waals surface area contributed by atoms with Crippen molar-refractivity contribution in [3.63, 3.8) is 0 Å². The molecule has 0 N–H and O–H groups in total. The summed E-state index contributed by atoms with van der Waals surface area (Å²) in [5.41, 5.74) is 1.15. The second-order valence-electron chi connectivity index (χ2n) is 4.96. The Morgan fingerprint density at radius 3 is 2.60 bits per heavy atom. The van der Waals surface area contributed by atoms with E-state index in [1.165, 1.54) is 11.8 Å². The number of thioether (sulfide) groups is 1. The lowest BCUT2D eigenvalue weighted by atomic mass is 10.1. The summed E-state index contributed by atoms with van der Waals surface area (Å²) in [5, 5.41) is 0.660. The van der Waals surface area contributed by atoms with Crippen LogP contribution in [-0.4, -0.2) is 28.4 Å². The minimum absolute atomic E-state index is 0.211. The third-order valence-electron chi connectivity index (χ3n) is 3.38. The van der Waals surface area contributed by atoms with Gasteiger partial charge in [-0.2, -0.15) is 0 Å². The van der Waals surface area contributed by atoms with Crippen LogP contribution in [0.5, 0.6) is 0 Å². The fourth-order valence-corrected chi connectivity index (χ4v) is 3.21. The van der Waals surface area contributed by atoms with Crippen molar-refractivity contribution in [3.05, 3.63) is 48.4 Å². The molecule has 0 aromatic heterocycles. The van der Waals surface area contributed by atoms with Crippen molar-refractivity contribution in [1.29, 1.82) is 0 Å². The topological polar surface area (TPSA) is 29.5 Å². The summed E-state index contributed by atoms with van der Waals surface area (Å²) in [4.78, 5) is 13.3. The summed E-state index contributed by atoms with van der Waals surface area (Å²) >= 11 is 1.46. The fourth-order valence-electron chi connectivity index (χ4n) is 2.29. The lowest BCUT2D eigenvalue weighted by Crippen LogP contribution is -2.35. The number of rotatable bonds is 5. The first-order valence-corrected chi connectivity index (χ1v) is 7.81. The van der Waals surface area contributed by atoms with Crippen LogP contribution in [0.1, 0.15) is 25.3 Å². The van der Waals surface area contributed by atoms with E-state index in [4.69, 9.17) is 4.74 Å². The van der Waals surface area contributed by atoms with Gasteiger partial charge in [-0.1, -0.05) is 42.1 Å². The maximum absolute atomic E-state index is 11.1. The van der Waals surface area contributed by atoms with E-state index >= 15 is 0 Å². The van der Waals surface area contributed by atoms with Crippen LogP contribution in [-0.2, 0) is 16.1 Å². The van der Waals surface area contributed by atoms with E-state index in [1.54, 1.807) is 6.92 Å². The van der Waals surface area contributed by atoms with Gasteiger partial charge in [0.25, 0.3) is 0 Å². The van der Waals surface area contributed by atoms with E-state index in [2.05, 4.69) is 11.5 Å². The number of carbonyl (C=O) groups excluding carboxylic acids is 1. The Morgan fingerprint density at radius 1 is 1.35 bits per heavy atom. The van der Waals surface area contributed by atoms with Crippen LogP contribution in [0.25, 0.3) is 0 Å². The van der Waals surface area contributed by atoms with E-state index in [0.717, 1.165) is 37.4 Å². The molecule has 0 aliphatic carbocycles. The van der Waals surface area contributed by atoms with Gasteiger partial charge in [-0.15, -0.1) is 0 Å². The third kappa shape index (κ3) is 4.60. The molecule has 0 radical (unpaired) electrons. The van der Waals surface area contributed by atoms with Crippen LogP contribution in [0.2, 0.25) is 0 Å². The highest BCUT2D eigenvalue weighted by molar-refractivity contribution is 8.14. The van der Waals surface area contributed by atoms with Gasteiger partial charge in [-0.05, 0) is 25.0 Å². The van der Waals surface area contributed by atoms with E-state index in [0.29, 0.717) is 11.9 Å². The molecule has 0 saturated carbocycles. The quantitative estimate of drug-likeness (QED) is 0.778. The van der Waals surface area contributed by atoms with Gasteiger partial charge >= 0.3 is 0 Å². The van der Waals surface area contributed by atoms with Crippen molar-refractivity contribution in [2.24, 2.45) is 0 Å². The molecule has 3 nitrogen and oxygen atoms in total. The van der Waals surface area contributed by atoms with Gasteiger partial charge in [0.15, 0.2) is 11.0 Å². The summed E-state index contributed by atoms with van der Waals surface area (Å²) in [6.45, 7) is 8.04. The molecule has 0 spiro atoms. The van der Waals surface area contributed by atoms with Gasteiger partial charge in [0, 0.05) is 25.3 Å². The molecule has 0 bridgehead atoms. The highest BCUT2D eigenvalue weighted by Crippen LogP contribution is 2.25. The van der Waals surface area contributed by atoms with E-state index in [1.807, 2.05) is 30.3 Å². The summed E-state index contributed by atoms with van der Waals surface area (Å²) in [7, 11) is 0. The van der Waals surface area contributed by atoms with Crippen LogP contribution >= 0.6 is 11.8 Å². The molecule has 0 atom stereocenters. The van der Waals surface area contributed by atoms with Crippen molar-refractivity contribution in [3.8, 4) is 0 Å². The maximum atomic E-state index is 11.1. The number of piperidine rings is 1. The first kappa shape index (κ1) is 15.0. The predicted molar refractivity (Wildman–Crippen MR) is 83.2 cm³/mol. The Balaban J connectivity index is 1.73. The zero-order valence-corrected chi connectivity index (χ0v) is 12.7. The number of hydrogen-bond donors (Lipinski definition) is 0. The zero-order chi connectivity index (χ0) is 14.4. The summed E-state index contributed by atoms with van der Waals surface area (Å²) in [6, 6.07) is 10.1.